The topological polar surface area (TPSA) is 90.9 Å². The summed E-state index contributed by atoms with van der Waals surface area (Å²) in [6.45, 7) is -0.104. The maximum Gasteiger partial charge on any atom is 0.334 e. The number of ether oxygens (including phenoxy) is 1. The van der Waals surface area contributed by atoms with Gasteiger partial charge in [-0.2, -0.15) is 0 Å². The maximum absolute atomic E-state index is 11.6. The fourth-order valence-electron chi connectivity index (χ4n) is 1.48. The fraction of sp³-hybridized carbons (Fsp3) is 0.385. The number of urea groups is 1. The number of rotatable bonds is 6. The molecular formula is C13H19N3O4. The molecule has 0 aromatic heterocycles. The van der Waals surface area contributed by atoms with E-state index in [1.807, 2.05) is 31.1 Å². The first-order valence-corrected chi connectivity index (χ1v) is 6.02. The molecule has 0 spiro atoms. The molecule has 0 heterocycles. The summed E-state index contributed by atoms with van der Waals surface area (Å²) in [4.78, 5) is 24.2. The van der Waals surface area contributed by atoms with E-state index >= 15 is 0 Å². The molecule has 1 unspecified atom stereocenters. The molecule has 1 aromatic carbocycles. The lowest BCUT2D eigenvalue weighted by Gasteiger charge is -2.14. The maximum atomic E-state index is 11.6. The number of nitrogens with one attached hydrogen (secondary N) is 2. The second kappa shape index (κ2) is 7.34. The number of aliphatic carboxylic acids is 1. The summed E-state index contributed by atoms with van der Waals surface area (Å²) in [6, 6.07) is 6.78. The van der Waals surface area contributed by atoms with Crippen molar-refractivity contribution in [2.24, 2.45) is 0 Å². The van der Waals surface area contributed by atoms with Crippen molar-refractivity contribution in [1.82, 2.24) is 5.32 Å². The van der Waals surface area contributed by atoms with Crippen LogP contribution in [0.25, 0.3) is 0 Å². The highest BCUT2D eigenvalue weighted by Crippen LogP contribution is 2.15. The Morgan fingerprint density at radius 3 is 2.35 bits per heavy atom. The van der Waals surface area contributed by atoms with Crippen molar-refractivity contribution in [1.29, 1.82) is 0 Å². The van der Waals surface area contributed by atoms with Crippen LogP contribution in [0.15, 0.2) is 24.3 Å². The number of hydrogen-bond donors (Lipinski definition) is 3. The number of carboxylic acids is 1. The molecule has 2 amide bonds. The molecule has 1 atom stereocenters. The highest BCUT2D eigenvalue weighted by atomic mass is 16.5. The lowest BCUT2D eigenvalue weighted by atomic mass is 10.2. The summed E-state index contributed by atoms with van der Waals surface area (Å²) in [5.74, 6) is -1.12. The zero-order valence-electron chi connectivity index (χ0n) is 11.7. The quantitative estimate of drug-likeness (QED) is 0.723. The van der Waals surface area contributed by atoms with Gasteiger partial charge >= 0.3 is 12.0 Å². The number of hydrogen-bond acceptors (Lipinski definition) is 4. The third kappa shape index (κ3) is 4.77. The number of carbonyl (C=O) groups excluding carboxylic acids is 1. The van der Waals surface area contributed by atoms with Gasteiger partial charge < -0.3 is 25.4 Å². The normalized spacial score (nSPS) is 11.6. The zero-order chi connectivity index (χ0) is 15.1. The van der Waals surface area contributed by atoms with Gasteiger partial charge in [0.2, 0.25) is 0 Å². The van der Waals surface area contributed by atoms with Crippen LogP contribution < -0.4 is 15.5 Å². The number of amides is 2. The van der Waals surface area contributed by atoms with Crippen LogP contribution in [0.3, 0.4) is 0 Å². The lowest BCUT2D eigenvalue weighted by Crippen LogP contribution is -2.39. The van der Waals surface area contributed by atoms with Crippen molar-refractivity contribution in [3.05, 3.63) is 24.3 Å². The summed E-state index contributed by atoms with van der Waals surface area (Å²) >= 11 is 0. The number of benzene rings is 1. The molecule has 1 rings (SSSR count). The first-order chi connectivity index (χ1) is 9.43. The Hall–Kier alpha value is -2.28. The smallest absolute Gasteiger partial charge is 0.334 e. The van der Waals surface area contributed by atoms with Crippen LogP contribution >= 0.6 is 0 Å². The molecule has 20 heavy (non-hydrogen) atoms. The standard InChI is InChI=1S/C13H19N3O4/c1-16(2)10-6-4-9(5-7-10)15-13(19)14-8-11(20-3)12(17)18/h4-7,11H,8H2,1-3H3,(H,17,18)(H2,14,15,19). The Labute approximate surface area is 117 Å². The Morgan fingerprint density at radius 1 is 1.30 bits per heavy atom. The van der Waals surface area contributed by atoms with Gasteiger partial charge in [-0.25, -0.2) is 9.59 Å². The zero-order valence-corrected chi connectivity index (χ0v) is 11.7. The number of anilines is 2. The summed E-state index contributed by atoms with van der Waals surface area (Å²) < 4.78 is 4.71. The van der Waals surface area contributed by atoms with Crippen LogP contribution in [-0.2, 0) is 9.53 Å². The van der Waals surface area contributed by atoms with Crippen molar-refractivity contribution in [2.45, 2.75) is 6.10 Å². The molecule has 1 aromatic rings. The highest BCUT2D eigenvalue weighted by molar-refractivity contribution is 5.89. The number of nitrogens with zero attached hydrogens (tertiary/aromatic N) is 1. The van der Waals surface area contributed by atoms with Gasteiger partial charge in [0.25, 0.3) is 0 Å². The van der Waals surface area contributed by atoms with Crippen LogP contribution in [0, 0.1) is 0 Å². The van der Waals surface area contributed by atoms with E-state index < -0.39 is 18.1 Å². The van der Waals surface area contributed by atoms with E-state index in [-0.39, 0.29) is 6.54 Å². The third-order valence-corrected chi connectivity index (χ3v) is 2.65. The summed E-state index contributed by atoms with van der Waals surface area (Å²) in [6.07, 6.45) is -1.06. The SMILES string of the molecule is COC(CNC(=O)Nc1ccc(N(C)C)cc1)C(=O)O. The monoisotopic (exact) mass is 281 g/mol. The summed E-state index contributed by atoms with van der Waals surface area (Å²) in [5, 5.41) is 13.8. The molecular weight excluding hydrogens is 262 g/mol. The van der Waals surface area contributed by atoms with Gasteiger partial charge in [-0.3, -0.25) is 0 Å². The van der Waals surface area contributed by atoms with Gasteiger partial charge in [0.1, 0.15) is 0 Å². The van der Waals surface area contributed by atoms with E-state index in [1.165, 1.54) is 7.11 Å². The Balaban J connectivity index is 2.48. The lowest BCUT2D eigenvalue weighted by molar-refractivity contribution is -0.147. The van der Waals surface area contributed by atoms with E-state index in [2.05, 4.69) is 10.6 Å². The molecule has 0 aliphatic rings. The van der Waals surface area contributed by atoms with Gasteiger partial charge in [-0.15, -0.1) is 0 Å². The van der Waals surface area contributed by atoms with Crippen molar-refractivity contribution < 1.29 is 19.4 Å². The third-order valence-electron chi connectivity index (χ3n) is 2.65. The Bertz CT molecular complexity index is 459. The van der Waals surface area contributed by atoms with E-state index in [0.717, 1.165) is 5.69 Å². The summed E-state index contributed by atoms with van der Waals surface area (Å²) in [5.41, 5.74) is 1.64. The molecule has 0 radical (unpaired) electrons. The van der Waals surface area contributed by atoms with Gasteiger partial charge in [0, 0.05) is 32.6 Å². The van der Waals surface area contributed by atoms with E-state index in [1.54, 1.807) is 12.1 Å². The van der Waals surface area contributed by atoms with Crippen LogP contribution in [0.4, 0.5) is 16.2 Å². The van der Waals surface area contributed by atoms with Crippen LogP contribution in [0.2, 0.25) is 0 Å². The first kappa shape index (κ1) is 15.8. The molecule has 7 nitrogen and oxygen atoms in total. The molecule has 0 saturated carbocycles. The average molecular weight is 281 g/mol. The minimum Gasteiger partial charge on any atom is -0.479 e. The second-order valence-corrected chi connectivity index (χ2v) is 4.34. The van der Waals surface area contributed by atoms with Crippen LogP contribution in [-0.4, -0.2) is 51.0 Å². The van der Waals surface area contributed by atoms with Gasteiger partial charge in [0.15, 0.2) is 6.10 Å². The number of carboxylic acid groups (broad SMARTS) is 1. The molecule has 3 N–H and O–H groups in total. The first-order valence-electron chi connectivity index (χ1n) is 6.02. The Kier molecular flexibility index (Phi) is 5.79. The molecule has 0 fully saturated rings. The predicted molar refractivity (Wildman–Crippen MR) is 76.2 cm³/mol. The van der Waals surface area contributed by atoms with E-state index in [0.29, 0.717) is 5.69 Å². The molecule has 7 heteroatoms. The van der Waals surface area contributed by atoms with Crippen LogP contribution in [0.1, 0.15) is 0 Å². The second-order valence-electron chi connectivity index (χ2n) is 4.34. The minimum atomic E-state index is -1.12. The predicted octanol–water partition coefficient (Wildman–Crippen LogP) is 0.974. The molecule has 110 valence electrons. The minimum absolute atomic E-state index is 0.104. The van der Waals surface area contributed by atoms with Gasteiger partial charge in [0.05, 0.1) is 6.54 Å². The highest BCUT2D eigenvalue weighted by Gasteiger charge is 2.16. The summed E-state index contributed by atoms with van der Waals surface area (Å²) in [7, 11) is 5.12. The van der Waals surface area contributed by atoms with Crippen molar-refractivity contribution >= 4 is 23.4 Å². The molecule has 0 aliphatic carbocycles. The average Bonchev–Trinajstić information content (AvgIpc) is 2.39. The van der Waals surface area contributed by atoms with Crippen LogP contribution in [0.5, 0.6) is 0 Å². The largest absolute Gasteiger partial charge is 0.479 e. The van der Waals surface area contributed by atoms with Crippen molar-refractivity contribution in [2.75, 3.05) is 38.0 Å². The van der Waals surface area contributed by atoms with Gasteiger partial charge in [-0.1, -0.05) is 0 Å². The van der Waals surface area contributed by atoms with E-state index in [9.17, 15) is 9.59 Å². The number of methoxy groups -OCH3 is 1. The molecule has 0 bridgehead atoms. The van der Waals surface area contributed by atoms with Crippen molar-refractivity contribution in [3.8, 4) is 0 Å². The molecule has 0 saturated heterocycles. The number of carbonyl (C=O) groups is 2. The van der Waals surface area contributed by atoms with Crippen molar-refractivity contribution in [3.63, 3.8) is 0 Å². The van der Waals surface area contributed by atoms with E-state index in [4.69, 9.17) is 9.84 Å². The Morgan fingerprint density at radius 2 is 1.90 bits per heavy atom. The van der Waals surface area contributed by atoms with Gasteiger partial charge in [-0.05, 0) is 24.3 Å². The molecule has 0 aliphatic heterocycles. The fourth-order valence-corrected chi connectivity index (χ4v) is 1.48.